The molecule has 0 aliphatic carbocycles. The van der Waals surface area contributed by atoms with Crippen LogP contribution in [0.25, 0.3) is 21.3 Å². The Hall–Kier alpha value is -2.67. The molecular formula is C22H26N4O2S. The van der Waals surface area contributed by atoms with Crippen LogP contribution in [0.1, 0.15) is 26.3 Å². The number of hydrogen-bond donors (Lipinski definition) is 0. The van der Waals surface area contributed by atoms with E-state index in [1.54, 1.807) is 22.6 Å². The Morgan fingerprint density at radius 3 is 2.41 bits per heavy atom. The Bertz CT molecular complexity index is 1020. The van der Waals surface area contributed by atoms with Crippen molar-refractivity contribution in [2.24, 2.45) is 0 Å². The van der Waals surface area contributed by atoms with E-state index in [1.165, 1.54) is 11.1 Å². The number of aryl methyl sites for hydroxylation is 1. The van der Waals surface area contributed by atoms with Crippen LogP contribution in [-0.4, -0.2) is 52.7 Å². The van der Waals surface area contributed by atoms with Crippen molar-refractivity contribution in [1.82, 2.24) is 14.9 Å². The first-order valence-electron chi connectivity index (χ1n) is 9.84. The van der Waals surface area contributed by atoms with Gasteiger partial charge in [-0.15, -0.1) is 11.3 Å². The van der Waals surface area contributed by atoms with Gasteiger partial charge in [0.05, 0.1) is 5.39 Å². The van der Waals surface area contributed by atoms with Crippen LogP contribution in [0.5, 0.6) is 0 Å². The Labute approximate surface area is 175 Å². The van der Waals surface area contributed by atoms with Crippen LogP contribution in [0.15, 0.2) is 36.0 Å². The van der Waals surface area contributed by atoms with Gasteiger partial charge in [0.1, 0.15) is 22.6 Å². The molecule has 3 aromatic rings. The van der Waals surface area contributed by atoms with Gasteiger partial charge in [0.2, 0.25) is 0 Å². The molecule has 2 aromatic heterocycles. The van der Waals surface area contributed by atoms with Gasteiger partial charge >= 0.3 is 6.09 Å². The first kappa shape index (κ1) is 19.6. The molecule has 1 saturated heterocycles. The van der Waals surface area contributed by atoms with Crippen LogP contribution in [0.4, 0.5) is 10.6 Å². The van der Waals surface area contributed by atoms with E-state index < -0.39 is 5.60 Å². The van der Waals surface area contributed by atoms with Crippen LogP contribution < -0.4 is 4.90 Å². The van der Waals surface area contributed by atoms with E-state index in [2.05, 4.69) is 51.4 Å². The fourth-order valence-electron chi connectivity index (χ4n) is 3.47. The fraction of sp³-hybridized carbons (Fsp3) is 0.409. The monoisotopic (exact) mass is 410 g/mol. The van der Waals surface area contributed by atoms with E-state index in [1.807, 2.05) is 20.8 Å². The van der Waals surface area contributed by atoms with Crippen LogP contribution >= 0.6 is 11.3 Å². The number of carbonyl (C=O) groups excluding carboxylic acids is 1. The third-order valence-electron chi connectivity index (χ3n) is 4.94. The summed E-state index contributed by atoms with van der Waals surface area (Å²) in [5.74, 6) is 0.940. The van der Waals surface area contributed by atoms with E-state index in [-0.39, 0.29) is 6.09 Å². The Balaban J connectivity index is 1.58. The Morgan fingerprint density at radius 2 is 1.76 bits per heavy atom. The van der Waals surface area contributed by atoms with Gasteiger partial charge in [-0.25, -0.2) is 14.8 Å². The SMILES string of the molecule is Cc1ccc(-c2csc3ncnc(N4CCN(C(=O)OC(C)(C)C)CC4)c23)cc1. The molecule has 1 aromatic carbocycles. The van der Waals surface area contributed by atoms with Crippen molar-refractivity contribution in [3.8, 4) is 11.1 Å². The number of piperazine rings is 1. The normalized spacial score (nSPS) is 15.0. The van der Waals surface area contributed by atoms with Gasteiger partial charge in [-0.3, -0.25) is 0 Å². The minimum atomic E-state index is -0.480. The van der Waals surface area contributed by atoms with Crippen LogP contribution in [0, 0.1) is 6.92 Å². The molecule has 6 nitrogen and oxygen atoms in total. The number of anilines is 1. The molecule has 0 saturated carbocycles. The van der Waals surface area contributed by atoms with Gasteiger partial charge < -0.3 is 14.5 Å². The van der Waals surface area contributed by atoms with Crippen molar-refractivity contribution < 1.29 is 9.53 Å². The van der Waals surface area contributed by atoms with Gasteiger partial charge in [-0.2, -0.15) is 0 Å². The summed E-state index contributed by atoms with van der Waals surface area (Å²) in [7, 11) is 0. The first-order valence-corrected chi connectivity index (χ1v) is 10.7. The average molecular weight is 411 g/mol. The minimum Gasteiger partial charge on any atom is -0.444 e. The fourth-order valence-corrected chi connectivity index (χ4v) is 4.38. The number of thiophene rings is 1. The van der Waals surface area contributed by atoms with Gasteiger partial charge in [0, 0.05) is 37.1 Å². The zero-order valence-corrected chi connectivity index (χ0v) is 18.1. The number of hydrogen-bond acceptors (Lipinski definition) is 6. The summed E-state index contributed by atoms with van der Waals surface area (Å²) in [5, 5.41) is 3.25. The molecule has 1 aliphatic rings. The predicted octanol–water partition coefficient (Wildman–Crippen LogP) is 4.72. The van der Waals surface area contributed by atoms with Crippen LogP contribution in [0.3, 0.4) is 0 Å². The van der Waals surface area contributed by atoms with Crippen LogP contribution in [0.2, 0.25) is 0 Å². The maximum Gasteiger partial charge on any atom is 0.410 e. The summed E-state index contributed by atoms with van der Waals surface area (Å²) in [6.07, 6.45) is 1.38. The molecule has 3 heterocycles. The summed E-state index contributed by atoms with van der Waals surface area (Å²) >= 11 is 1.64. The minimum absolute atomic E-state index is 0.249. The number of rotatable bonds is 2. The van der Waals surface area contributed by atoms with Crippen molar-refractivity contribution in [2.45, 2.75) is 33.3 Å². The third kappa shape index (κ3) is 4.19. The average Bonchev–Trinajstić information content (AvgIpc) is 3.12. The van der Waals surface area contributed by atoms with Crippen LogP contribution in [-0.2, 0) is 4.74 Å². The van der Waals surface area contributed by atoms with Gasteiger partial charge in [0.25, 0.3) is 0 Å². The summed E-state index contributed by atoms with van der Waals surface area (Å²) < 4.78 is 5.51. The summed E-state index contributed by atoms with van der Waals surface area (Å²) in [6, 6.07) is 8.55. The van der Waals surface area contributed by atoms with Crippen molar-refractivity contribution >= 4 is 33.5 Å². The second-order valence-corrected chi connectivity index (χ2v) is 9.21. The smallest absolute Gasteiger partial charge is 0.410 e. The molecule has 29 heavy (non-hydrogen) atoms. The highest BCUT2D eigenvalue weighted by Gasteiger charge is 2.27. The molecule has 7 heteroatoms. The number of benzene rings is 1. The van der Waals surface area contributed by atoms with Gasteiger partial charge in [-0.1, -0.05) is 29.8 Å². The molecule has 152 valence electrons. The molecule has 0 spiro atoms. The number of ether oxygens (including phenoxy) is 1. The summed E-state index contributed by atoms with van der Waals surface area (Å²) in [5.41, 5.74) is 3.09. The van der Waals surface area contributed by atoms with Crippen molar-refractivity contribution in [1.29, 1.82) is 0 Å². The van der Waals surface area contributed by atoms with E-state index in [0.717, 1.165) is 21.6 Å². The number of amides is 1. The largest absolute Gasteiger partial charge is 0.444 e. The number of nitrogens with zero attached hydrogens (tertiary/aromatic N) is 4. The zero-order chi connectivity index (χ0) is 20.6. The lowest BCUT2D eigenvalue weighted by atomic mass is 10.0. The predicted molar refractivity (Wildman–Crippen MR) is 118 cm³/mol. The molecule has 0 unspecified atom stereocenters. The van der Waals surface area contributed by atoms with Crippen molar-refractivity contribution in [3.63, 3.8) is 0 Å². The molecule has 1 fully saturated rings. The third-order valence-corrected chi connectivity index (χ3v) is 5.83. The summed E-state index contributed by atoms with van der Waals surface area (Å²) in [6.45, 7) is 10.4. The topological polar surface area (TPSA) is 58.6 Å². The molecule has 0 bridgehead atoms. The van der Waals surface area contributed by atoms with E-state index >= 15 is 0 Å². The van der Waals surface area contributed by atoms with E-state index in [9.17, 15) is 4.79 Å². The second kappa shape index (κ2) is 7.63. The number of aromatic nitrogens is 2. The second-order valence-electron chi connectivity index (χ2n) is 8.35. The van der Waals surface area contributed by atoms with Gasteiger partial charge in [0.15, 0.2) is 0 Å². The molecule has 1 amide bonds. The highest BCUT2D eigenvalue weighted by molar-refractivity contribution is 7.17. The number of carbonyl (C=O) groups is 1. The van der Waals surface area contributed by atoms with E-state index in [4.69, 9.17) is 4.74 Å². The standard InChI is InChI=1S/C22H26N4O2S/c1-15-5-7-16(8-6-15)17-13-29-20-18(17)19(23-14-24-20)25-9-11-26(12-10-25)21(27)28-22(2,3)4/h5-8,13-14H,9-12H2,1-4H3. The maximum atomic E-state index is 12.4. The Morgan fingerprint density at radius 1 is 1.07 bits per heavy atom. The van der Waals surface area contributed by atoms with Crippen molar-refractivity contribution in [2.75, 3.05) is 31.1 Å². The molecule has 0 N–H and O–H groups in total. The molecule has 1 aliphatic heterocycles. The quantitative estimate of drug-likeness (QED) is 0.612. The maximum absolute atomic E-state index is 12.4. The molecule has 0 atom stereocenters. The highest BCUT2D eigenvalue weighted by atomic mass is 32.1. The highest BCUT2D eigenvalue weighted by Crippen LogP contribution is 2.38. The van der Waals surface area contributed by atoms with Gasteiger partial charge in [-0.05, 0) is 33.3 Å². The molecule has 4 rings (SSSR count). The van der Waals surface area contributed by atoms with E-state index in [0.29, 0.717) is 26.2 Å². The summed E-state index contributed by atoms with van der Waals surface area (Å²) in [4.78, 5) is 26.5. The first-order chi connectivity index (χ1) is 13.8. The lowest BCUT2D eigenvalue weighted by Crippen LogP contribution is -2.50. The Kier molecular flexibility index (Phi) is 5.17. The lowest BCUT2D eigenvalue weighted by Gasteiger charge is -2.36. The zero-order valence-electron chi connectivity index (χ0n) is 17.3. The van der Waals surface area contributed by atoms with Crippen molar-refractivity contribution in [3.05, 3.63) is 41.5 Å². The molecular weight excluding hydrogens is 384 g/mol. The molecule has 0 radical (unpaired) electrons. The lowest BCUT2D eigenvalue weighted by molar-refractivity contribution is 0.0240. The number of fused-ring (bicyclic) bond motifs is 1.